The molecule has 1 aromatic carbocycles. The first-order valence-electron chi connectivity index (χ1n) is 5.12. The molecule has 0 aromatic heterocycles. The molecule has 12 nitrogen and oxygen atoms in total. The molecule has 116 valence electrons. The predicted octanol–water partition coefficient (Wildman–Crippen LogP) is 0.0288. The molecule has 0 saturated heterocycles. The second-order valence-corrected chi connectivity index (χ2v) is 3.68. The summed E-state index contributed by atoms with van der Waals surface area (Å²) in [5.74, 6) is -9.99. The van der Waals surface area contributed by atoms with Crippen molar-refractivity contribution in [1.82, 2.24) is 0 Å². The average molecular weight is 316 g/mol. The van der Waals surface area contributed by atoms with Gasteiger partial charge in [0.25, 0.3) is 0 Å². The number of carbonyl (C=O) groups is 4. The van der Waals surface area contributed by atoms with Gasteiger partial charge in [0.1, 0.15) is 22.3 Å². The van der Waals surface area contributed by atoms with Gasteiger partial charge in [-0.15, -0.1) is 0 Å². The van der Waals surface area contributed by atoms with Gasteiger partial charge in [0.15, 0.2) is 11.5 Å². The smallest absolute Gasteiger partial charge is 0.340 e. The monoisotopic (exact) mass is 316 g/mol. The normalized spacial score (nSPS) is 12.5. The Morgan fingerprint density at radius 1 is 0.545 bits per heavy atom. The summed E-state index contributed by atoms with van der Waals surface area (Å²) in [4.78, 5) is 53.3. The number of aromatic carboxylic acids is 4. The molecule has 1 aromatic rings. The molecule has 0 aliphatic carbocycles. The van der Waals surface area contributed by atoms with Crippen molar-refractivity contribution in [2.75, 3.05) is 0 Å². The Morgan fingerprint density at radius 2 is 0.773 bits per heavy atom. The molecule has 0 saturated carbocycles. The number of carboxylic acid groups (broad SMARTS) is 4. The molecule has 3 rings (SSSR count). The molecule has 2 bridgehead atoms. The van der Waals surface area contributed by atoms with E-state index >= 15 is 0 Å². The van der Waals surface area contributed by atoms with Crippen LogP contribution in [-0.2, 0) is 10.1 Å². The van der Waals surface area contributed by atoms with Crippen LogP contribution in [0, 0.1) is 0 Å². The lowest BCUT2D eigenvalue weighted by molar-refractivity contribution is -0.577. The quantitative estimate of drug-likeness (QED) is 0.546. The van der Waals surface area contributed by atoms with Gasteiger partial charge in [-0.2, -0.15) is 0 Å². The molecule has 2 aliphatic heterocycles. The number of rotatable bonds is 4. The van der Waals surface area contributed by atoms with Gasteiger partial charge >= 0.3 is 23.9 Å². The van der Waals surface area contributed by atoms with Crippen LogP contribution >= 0.6 is 0 Å². The van der Waals surface area contributed by atoms with Gasteiger partial charge in [0.05, 0.1) is 0 Å². The average Bonchev–Trinajstić information content (AvgIpc) is 2.35. The molecule has 0 fully saturated rings. The molecule has 22 heavy (non-hydrogen) atoms. The standard InChI is InChI=1S/C10H4O12/c11-7(12)1-2(8(13)14)6-4(10(17)18)3(9(15)16)5(1)19-21-22-20-6/h(H,11,12)(H,13,14)(H,15,16)(H,17,18). The Labute approximate surface area is 118 Å². The highest BCUT2D eigenvalue weighted by Crippen LogP contribution is 2.41. The largest absolute Gasteiger partial charge is 0.478 e. The summed E-state index contributed by atoms with van der Waals surface area (Å²) in [5, 5.41) is 44.0. The number of carboxylic acids is 4. The lowest BCUT2D eigenvalue weighted by Crippen LogP contribution is -2.24. The van der Waals surface area contributed by atoms with Crippen LogP contribution in [0.25, 0.3) is 0 Å². The van der Waals surface area contributed by atoms with Gasteiger partial charge in [-0.25, -0.2) is 19.2 Å². The van der Waals surface area contributed by atoms with Crippen LogP contribution in [-0.4, -0.2) is 44.3 Å². The summed E-state index contributed by atoms with van der Waals surface area (Å²) in [6.45, 7) is 0. The number of fused-ring (bicyclic) bond motifs is 5. The van der Waals surface area contributed by atoms with Crippen LogP contribution in [0.2, 0.25) is 0 Å². The zero-order valence-corrected chi connectivity index (χ0v) is 10.1. The Kier molecular flexibility index (Phi) is 3.54. The number of hydrogen-bond donors (Lipinski definition) is 4. The minimum Gasteiger partial charge on any atom is -0.478 e. The van der Waals surface area contributed by atoms with Gasteiger partial charge in [-0.3, -0.25) is 0 Å². The first-order chi connectivity index (χ1) is 10.3. The molecular formula is C10H4O12. The van der Waals surface area contributed by atoms with E-state index in [1.54, 1.807) is 0 Å². The maximum absolute atomic E-state index is 11.2. The lowest BCUT2D eigenvalue weighted by atomic mass is 9.94. The van der Waals surface area contributed by atoms with Crippen LogP contribution in [0.3, 0.4) is 0 Å². The second-order valence-electron chi connectivity index (χ2n) is 3.68. The number of benzene rings is 1. The first kappa shape index (κ1) is 15.0. The van der Waals surface area contributed by atoms with E-state index in [1.807, 2.05) is 0 Å². The molecule has 2 heterocycles. The van der Waals surface area contributed by atoms with E-state index in [2.05, 4.69) is 19.9 Å². The molecule has 0 radical (unpaired) electrons. The van der Waals surface area contributed by atoms with Crippen molar-refractivity contribution in [2.45, 2.75) is 0 Å². The van der Waals surface area contributed by atoms with Gasteiger partial charge in [-0.1, -0.05) is 0 Å². The lowest BCUT2D eigenvalue weighted by Gasteiger charge is -2.19. The first-order valence-corrected chi connectivity index (χ1v) is 5.12. The Hall–Kier alpha value is -3.38. The molecule has 0 atom stereocenters. The fourth-order valence-electron chi connectivity index (χ4n) is 1.78. The third-order valence-corrected chi connectivity index (χ3v) is 2.53. The zero-order valence-electron chi connectivity index (χ0n) is 10.1. The summed E-state index contributed by atoms with van der Waals surface area (Å²) in [6.07, 6.45) is 0. The molecule has 12 heteroatoms. The van der Waals surface area contributed by atoms with E-state index in [0.29, 0.717) is 0 Å². The number of hydrogen-bond acceptors (Lipinski definition) is 8. The van der Waals surface area contributed by atoms with Crippen molar-refractivity contribution in [3.05, 3.63) is 22.3 Å². The van der Waals surface area contributed by atoms with E-state index in [1.165, 1.54) is 0 Å². The van der Waals surface area contributed by atoms with Crippen molar-refractivity contribution < 1.29 is 59.5 Å². The summed E-state index contributed by atoms with van der Waals surface area (Å²) in [7, 11) is 0. The van der Waals surface area contributed by atoms with Crippen molar-refractivity contribution >= 4 is 23.9 Å². The van der Waals surface area contributed by atoms with E-state index < -0.39 is 57.6 Å². The highest BCUT2D eigenvalue weighted by Gasteiger charge is 2.41. The van der Waals surface area contributed by atoms with Crippen molar-refractivity contribution in [1.29, 1.82) is 0 Å². The minimum absolute atomic E-state index is 1.16. The summed E-state index contributed by atoms with van der Waals surface area (Å²) >= 11 is 0. The highest BCUT2D eigenvalue weighted by molar-refractivity contribution is 6.15. The van der Waals surface area contributed by atoms with Crippen molar-refractivity contribution in [3.63, 3.8) is 0 Å². The van der Waals surface area contributed by atoms with Crippen LogP contribution < -0.4 is 9.78 Å². The topological polar surface area (TPSA) is 186 Å². The molecule has 4 N–H and O–H groups in total. The maximum atomic E-state index is 11.2. The fraction of sp³-hybridized carbons (Fsp3) is 0. The van der Waals surface area contributed by atoms with Crippen LogP contribution in [0.15, 0.2) is 0 Å². The van der Waals surface area contributed by atoms with E-state index in [-0.39, 0.29) is 0 Å². The second kappa shape index (κ2) is 5.19. The van der Waals surface area contributed by atoms with E-state index in [4.69, 9.17) is 20.4 Å². The highest BCUT2D eigenvalue weighted by atomic mass is 17.7. The van der Waals surface area contributed by atoms with Crippen molar-refractivity contribution in [3.8, 4) is 11.5 Å². The molecule has 0 spiro atoms. The Bertz CT molecular complexity index is 603. The van der Waals surface area contributed by atoms with Crippen LogP contribution in [0.1, 0.15) is 41.4 Å². The third-order valence-electron chi connectivity index (χ3n) is 2.53. The van der Waals surface area contributed by atoms with Gasteiger partial charge < -0.3 is 30.2 Å². The Balaban J connectivity index is 3.10. The van der Waals surface area contributed by atoms with Gasteiger partial charge in [0, 0.05) is 10.1 Å². The van der Waals surface area contributed by atoms with Crippen molar-refractivity contribution in [2.24, 2.45) is 0 Å². The van der Waals surface area contributed by atoms with Crippen LogP contribution in [0.5, 0.6) is 11.5 Å². The molecular weight excluding hydrogens is 312 g/mol. The van der Waals surface area contributed by atoms with E-state index in [9.17, 15) is 19.2 Å². The van der Waals surface area contributed by atoms with Gasteiger partial charge in [0.2, 0.25) is 0 Å². The maximum Gasteiger partial charge on any atom is 0.340 e. The minimum atomic E-state index is -1.91. The van der Waals surface area contributed by atoms with Crippen LogP contribution in [0.4, 0.5) is 0 Å². The molecule has 2 aliphatic rings. The zero-order chi connectivity index (χ0) is 16.6. The molecule has 0 amide bonds. The molecule has 0 unspecified atom stereocenters. The Morgan fingerprint density at radius 3 is 0.955 bits per heavy atom. The SMILES string of the molecule is O=C(O)c1c2c(C(=O)O)c(C(=O)O)c(c1C(=O)O)OOOO2. The summed E-state index contributed by atoms with van der Waals surface area (Å²) < 4.78 is 0. The van der Waals surface area contributed by atoms with E-state index in [0.717, 1.165) is 0 Å². The summed E-state index contributed by atoms with van der Waals surface area (Å²) in [5.41, 5.74) is -4.69. The third kappa shape index (κ3) is 2.13. The predicted molar refractivity (Wildman–Crippen MR) is 57.7 cm³/mol. The van der Waals surface area contributed by atoms with Gasteiger partial charge in [-0.05, 0) is 0 Å². The fourth-order valence-corrected chi connectivity index (χ4v) is 1.78. The summed E-state index contributed by atoms with van der Waals surface area (Å²) in [6, 6.07) is 0.